The highest BCUT2D eigenvalue weighted by Crippen LogP contribution is 2.32. The highest BCUT2D eigenvalue weighted by Gasteiger charge is 2.29. The van der Waals surface area contributed by atoms with E-state index in [1.807, 2.05) is 6.92 Å². The predicted molar refractivity (Wildman–Crippen MR) is 93.4 cm³/mol. The van der Waals surface area contributed by atoms with Crippen LogP contribution in [0.2, 0.25) is 0 Å². The predicted octanol–water partition coefficient (Wildman–Crippen LogP) is 2.86. The lowest BCUT2D eigenvalue weighted by atomic mass is 10.2. The van der Waals surface area contributed by atoms with Gasteiger partial charge < -0.3 is 9.51 Å². The molecule has 0 aliphatic carbocycles. The smallest absolute Gasteiger partial charge is 0.261 e. The van der Waals surface area contributed by atoms with E-state index in [1.54, 1.807) is 26.0 Å². The minimum absolute atomic E-state index is 0.0256. The first-order valence-electron chi connectivity index (χ1n) is 8.08. The van der Waals surface area contributed by atoms with Gasteiger partial charge in [0.05, 0.1) is 5.56 Å². The first kappa shape index (κ1) is 18.3. The number of rotatable bonds is 6. The number of hydrogen-bond donors (Lipinski definition) is 2. The second kappa shape index (κ2) is 7.00. The van der Waals surface area contributed by atoms with Crippen molar-refractivity contribution < 1.29 is 17.3 Å². The standard InChI is InChI=1S/C17H19FN4O3S/c1-4-14-21-17(25-22-14)15-10(2)20-11(3)16(15)26(23,24)19-9-12-7-5-6-8-13(12)18/h5-8,19-20H,4,9H2,1-3H3. The van der Waals surface area contributed by atoms with Crippen LogP contribution in [0.15, 0.2) is 33.7 Å². The Labute approximate surface area is 150 Å². The molecule has 0 aliphatic rings. The molecule has 0 bridgehead atoms. The number of nitrogens with zero attached hydrogens (tertiary/aromatic N) is 2. The quantitative estimate of drug-likeness (QED) is 0.687. The normalized spacial score (nSPS) is 11.8. The molecule has 138 valence electrons. The van der Waals surface area contributed by atoms with Gasteiger partial charge in [-0.2, -0.15) is 4.98 Å². The highest BCUT2D eigenvalue weighted by molar-refractivity contribution is 7.89. The van der Waals surface area contributed by atoms with E-state index in [1.165, 1.54) is 12.1 Å². The Hall–Kier alpha value is -2.52. The minimum Gasteiger partial charge on any atom is -0.361 e. The first-order valence-corrected chi connectivity index (χ1v) is 9.57. The largest absolute Gasteiger partial charge is 0.361 e. The molecule has 1 aromatic carbocycles. The molecule has 0 aliphatic heterocycles. The number of hydrogen-bond acceptors (Lipinski definition) is 5. The summed E-state index contributed by atoms with van der Waals surface area (Å²) in [5.74, 6) is 0.151. The van der Waals surface area contributed by atoms with E-state index in [4.69, 9.17) is 4.52 Å². The third-order valence-electron chi connectivity index (χ3n) is 4.00. The molecule has 26 heavy (non-hydrogen) atoms. The van der Waals surface area contributed by atoms with Crippen molar-refractivity contribution in [2.24, 2.45) is 0 Å². The second-order valence-electron chi connectivity index (χ2n) is 5.86. The summed E-state index contributed by atoms with van der Waals surface area (Å²) in [5.41, 5.74) is 1.62. The Morgan fingerprint density at radius 3 is 2.62 bits per heavy atom. The third kappa shape index (κ3) is 3.40. The summed E-state index contributed by atoms with van der Waals surface area (Å²) in [6.45, 7) is 5.08. The van der Waals surface area contributed by atoms with E-state index in [0.29, 0.717) is 29.2 Å². The summed E-state index contributed by atoms with van der Waals surface area (Å²) in [6.07, 6.45) is 0.569. The fourth-order valence-corrected chi connectivity index (χ4v) is 4.19. The topological polar surface area (TPSA) is 101 Å². The lowest BCUT2D eigenvalue weighted by Gasteiger charge is -2.09. The van der Waals surface area contributed by atoms with Gasteiger partial charge in [0.15, 0.2) is 5.82 Å². The molecule has 2 aromatic heterocycles. The van der Waals surface area contributed by atoms with E-state index in [2.05, 4.69) is 19.8 Å². The van der Waals surface area contributed by atoms with Crippen molar-refractivity contribution in [3.05, 3.63) is 52.9 Å². The molecule has 0 atom stereocenters. The van der Waals surface area contributed by atoms with Crippen molar-refractivity contribution in [2.75, 3.05) is 0 Å². The van der Waals surface area contributed by atoms with Crippen molar-refractivity contribution in [2.45, 2.75) is 38.6 Å². The van der Waals surface area contributed by atoms with Crippen molar-refractivity contribution in [3.63, 3.8) is 0 Å². The molecule has 3 rings (SSSR count). The zero-order valence-corrected chi connectivity index (χ0v) is 15.4. The van der Waals surface area contributed by atoms with Gasteiger partial charge >= 0.3 is 0 Å². The van der Waals surface area contributed by atoms with E-state index in [9.17, 15) is 12.8 Å². The summed E-state index contributed by atoms with van der Waals surface area (Å²) < 4.78 is 47.2. The number of H-pyrrole nitrogens is 1. The van der Waals surface area contributed by atoms with Gasteiger partial charge in [-0.1, -0.05) is 30.3 Å². The lowest BCUT2D eigenvalue weighted by molar-refractivity contribution is 0.422. The van der Waals surface area contributed by atoms with Crippen LogP contribution in [-0.4, -0.2) is 23.5 Å². The van der Waals surface area contributed by atoms with Crippen LogP contribution in [0.5, 0.6) is 0 Å². The maximum Gasteiger partial charge on any atom is 0.261 e. The Morgan fingerprint density at radius 1 is 1.23 bits per heavy atom. The number of nitrogens with one attached hydrogen (secondary N) is 2. The molecule has 0 fully saturated rings. The van der Waals surface area contributed by atoms with Gasteiger partial charge in [-0.3, -0.25) is 0 Å². The average molecular weight is 378 g/mol. The van der Waals surface area contributed by atoms with Crippen LogP contribution in [0.3, 0.4) is 0 Å². The van der Waals surface area contributed by atoms with Gasteiger partial charge in [-0.05, 0) is 19.9 Å². The van der Waals surface area contributed by atoms with E-state index in [-0.39, 0.29) is 22.9 Å². The second-order valence-corrected chi connectivity index (χ2v) is 7.57. The molecule has 0 saturated carbocycles. The Bertz CT molecular complexity index is 1040. The van der Waals surface area contributed by atoms with Crippen LogP contribution in [0.4, 0.5) is 4.39 Å². The molecule has 3 aromatic rings. The van der Waals surface area contributed by atoms with E-state index >= 15 is 0 Å². The SMILES string of the molecule is CCc1noc(-c2c(C)[nH]c(C)c2S(=O)(=O)NCc2ccccc2F)n1. The zero-order valence-electron chi connectivity index (χ0n) is 14.6. The van der Waals surface area contributed by atoms with Crippen molar-refractivity contribution >= 4 is 10.0 Å². The maximum atomic E-state index is 13.8. The molecule has 0 unspecified atom stereocenters. The van der Waals surface area contributed by atoms with E-state index < -0.39 is 15.8 Å². The van der Waals surface area contributed by atoms with Crippen molar-refractivity contribution in [3.8, 4) is 11.5 Å². The minimum atomic E-state index is -3.94. The zero-order chi connectivity index (χ0) is 18.9. The highest BCUT2D eigenvalue weighted by atomic mass is 32.2. The number of aromatic amines is 1. The maximum absolute atomic E-state index is 13.8. The molecular weight excluding hydrogens is 359 g/mol. The van der Waals surface area contributed by atoms with Gasteiger partial charge in [0.25, 0.3) is 5.89 Å². The number of benzene rings is 1. The molecule has 0 spiro atoms. The van der Waals surface area contributed by atoms with E-state index in [0.717, 1.165) is 0 Å². The van der Waals surface area contributed by atoms with Crippen LogP contribution in [0, 0.1) is 19.7 Å². The van der Waals surface area contributed by atoms with Gasteiger partial charge in [-0.25, -0.2) is 17.5 Å². The molecule has 9 heteroatoms. The number of halogens is 1. The monoisotopic (exact) mass is 378 g/mol. The van der Waals surface area contributed by atoms with Crippen LogP contribution >= 0.6 is 0 Å². The third-order valence-corrected chi connectivity index (χ3v) is 5.57. The molecule has 7 nitrogen and oxygen atoms in total. The molecule has 2 N–H and O–H groups in total. The van der Waals surface area contributed by atoms with Crippen molar-refractivity contribution in [1.29, 1.82) is 0 Å². The Morgan fingerprint density at radius 2 is 1.96 bits per heavy atom. The fraction of sp³-hybridized carbons (Fsp3) is 0.294. The Kier molecular flexibility index (Phi) is 4.92. The summed E-state index contributed by atoms with van der Waals surface area (Å²) >= 11 is 0. The van der Waals surface area contributed by atoms with Gasteiger partial charge in [0.2, 0.25) is 10.0 Å². The lowest BCUT2D eigenvalue weighted by Crippen LogP contribution is -2.24. The number of aryl methyl sites for hydroxylation is 3. The van der Waals surface area contributed by atoms with Crippen LogP contribution < -0.4 is 4.72 Å². The summed E-state index contributed by atoms with van der Waals surface area (Å²) in [5, 5.41) is 3.82. The Balaban J connectivity index is 1.98. The molecule has 0 amide bonds. The molecule has 0 saturated heterocycles. The van der Waals surface area contributed by atoms with Crippen molar-refractivity contribution in [1.82, 2.24) is 19.8 Å². The summed E-state index contributed by atoms with van der Waals surface area (Å²) in [4.78, 5) is 7.25. The molecule has 2 heterocycles. The number of sulfonamides is 1. The van der Waals surface area contributed by atoms with Gasteiger partial charge in [-0.15, -0.1) is 0 Å². The van der Waals surface area contributed by atoms with Crippen LogP contribution in [-0.2, 0) is 23.0 Å². The summed E-state index contributed by atoms with van der Waals surface area (Å²) in [6, 6.07) is 6.01. The first-order chi connectivity index (χ1) is 12.3. The summed E-state index contributed by atoms with van der Waals surface area (Å²) in [7, 11) is -3.94. The van der Waals surface area contributed by atoms with Gasteiger partial charge in [0.1, 0.15) is 10.7 Å². The molecular formula is C17H19FN4O3S. The van der Waals surface area contributed by atoms with Gasteiger partial charge in [0, 0.05) is 29.9 Å². The fourth-order valence-electron chi connectivity index (χ4n) is 2.74. The average Bonchev–Trinajstić information content (AvgIpc) is 3.18. The molecule has 0 radical (unpaired) electrons. The number of aromatic nitrogens is 3. The van der Waals surface area contributed by atoms with Crippen LogP contribution in [0.1, 0.15) is 29.7 Å². The van der Waals surface area contributed by atoms with Crippen LogP contribution in [0.25, 0.3) is 11.5 Å².